The predicted molar refractivity (Wildman–Crippen MR) is 139 cm³/mol. The van der Waals surface area contributed by atoms with Gasteiger partial charge in [0.25, 0.3) is 0 Å². The van der Waals surface area contributed by atoms with Crippen molar-refractivity contribution in [3.8, 4) is 22.5 Å². The van der Waals surface area contributed by atoms with Crippen molar-refractivity contribution in [3.63, 3.8) is 0 Å². The third-order valence-electron chi connectivity index (χ3n) is 6.10. The zero-order chi connectivity index (χ0) is 24.7. The molecule has 6 nitrogen and oxygen atoms in total. The highest BCUT2D eigenvalue weighted by Gasteiger charge is 2.22. The van der Waals surface area contributed by atoms with E-state index in [0.29, 0.717) is 12.5 Å². The molecule has 1 aromatic heterocycles. The third-order valence-corrected chi connectivity index (χ3v) is 6.10. The van der Waals surface area contributed by atoms with Gasteiger partial charge in [0.1, 0.15) is 18.0 Å². The highest BCUT2D eigenvalue weighted by molar-refractivity contribution is 5.78. The van der Waals surface area contributed by atoms with E-state index >= 15 is 0 Å². The van der Waals surface area contributed by atoms with Crippen LogP contribution in [-0.2, 0) is 14.3 Å². The molecule has 0 aliphatic carbocycles. The second kappa shape index (κ2) is 11.5. The van der Waals surface area contributed by atoms with E-state index in [1.54, 1.807) is 0 Å². The fraction of sp³-hybridized carbons (Fsp3) is 0.414. The monoisotopic (exact) mass is 473 g/mol. The smallest absolute Gasteiger partial charge is 0.332 e. The second-order valence-corrected chi connectivity index (χ2v) is 10.0. The number of hydrogen-bond acceptors (Lipinski definition) is 6. The number of carbonyl (C=O) groups excluding carboxylic acids is 1. The van der Waals surface area contributed by atoms with Crippen LogP contribution in [0.25, 0.3) is 22.5 Å². The maximum absolute atomic E-state index is 11.8. The van der Waals surface area contributed by atoms with Gasteiger partial charge in [-0.1, -0.05) is 60.7 Å². The maximum atomic E-state index is 11.8. The summed E-state index contributed by atoms with van der Waals surface area (Å²) in [6.07, 6.45) is 4.99. The number of benzene rings is 2. The summed E-state index contributed by atoms with van der Waals surface area (Å²) in [6.45, 7) is 8.05. The van der Waals surface area contributed by atoms with Crippen molar-refractivity contribution in [3.05, 3.63) is 66.9 Å². The van der Waals surface area contributed by atoms with Gasteiger partial charge in [-0.3, -0.25) is 4.98 Å². The van der Waals surface area contributed by atoms with Gasteiger partial charge in [-0.15, -0.1) is 0 Å². The lowest BCUT2D eigenvalue weighted by molar-refractivity contribution is -0.160. The molecular weight excluding hydrogens is 438 g/mol. The van der Waals surface area contributed by atoms with Crippen molar-refractivity contribution in [1.29, 1.82) is 0 Å². The molecule has 6 heteroatoms. The number of anilines is 1. The number of rotatable bonds is 8. The summed E-state index contributed by atoms with van der Waals surface area (Å²) < 4.78 is 10.9. The normalized spacial score (nSPS) is 14.7. The molecule has 0 spiro atoms. The van der Waals surface area contributed by atoms with Crippen molar-refractivity contribution >= 4 is 11.8 Å². The van der Waals surface area contributed by atoms with Gasteiger partial charge in [0.2, 0.25) is 0 Å². The van der Waals surface area contributed by atoms with Gasteiger partial charge in [0.15, 0.2) is 0 Å². The van der Waals surface area contributed by atoms with Crippen LogP contribution in [0.4, 0.5) is 5.82 Å². The molecule has 2 aromatic carbocycles. The van der Waals surface area contributed by atoms with E-state index in [0.717, 1.165) is 60.7 Å². The van der Waals surface area contributed by atoms with E-state index in [2.05, 4.69) is 29.2 Å². The summed E-state index contributed by atoms with van der Waals surface area (Å²) in [7, 11) is 0. The van der Waals surface area contributed by atoms with Gasteiger partial charge in [0.05, 0.1) is 17.6 Å². The SMILES string of the molecule is CC(C)(C)OC(=O)COCCC1CCN(c2cnc(-c3ccccc3)c(-c3ccccc3)n2)CC1. The van der Waals surface area contributed by atoms with Crippen LogP contribution in [0.3, 0.4) is 0 Å². The van der Waals surface area contributed by atoms with Gasteiger partial charge in [-0.2, -0.15) is 0 Å². The van der Waals surface area contributed by atoms with Crippen molar-refractivity contribution in [2.45, 2.75) is 45.6 Å². The fourth-order valence-electron chi connectivity index (χ4n) is 4.36. The molecule has 184 valence electrons. The van der Waals surface area contributed by atoms with Crippen LogP contribution < -0.4 is 4.90 Å². The van der Waals surface area contributed by atoms with E-state index in [4.69, 9.17) is 19.4 Å². The Labute approximate surface area is 208 Å². The molecule has 0 atom stereocenters. The number of piperidine rings is 1. The zero-order valence-corrected chi connectivity index (χ0v) is 20.9. The van der Waals surface area contributed by atoms with Crippen LogP contribution in [0.2, 0.25) is 0 Å². The highest BCUT2D eigenvalue weighted by atomic mass is 16.6. The molecule has 1 aliphatic rings. The molecule has 0 N–H and O–H groups in total. The average molecular weight is 474 g/mol. The molecule has 0 saturated carbocycles. The molecule has 1 aliphatic heterocycles. The van der Waals surface area contributed by atoms with E-state index in [-0.39, 0.29) is 12.6 Å². The molecular formula is C29H35N3O3. The molecule has 1 fully saturated rings. The topological polar surface area (TPSA) is 64.6 Å². The minimum Gasteiger partial charge on any atom is -0.458 e. The summed E-state index contributed by atoms with van der Waals surface area (Å²) in [4.78, 5) is 24.0. The Balaban J connectivity index is 1.35. The Morgan fingerprint density at radius 2 is 1.54 bits per heavy atom. The quantitative estimate of drug-likeness (QED) is 0.305. The highest BCUT2D eigenvalue weighted by Crippen LogP contribution is 2.32. The van der Waals surface area contributed by atoms with Crippen molar-refractivity contribution in [2.24, 2.45) is 5.92 Å². The summed E-state index contributed by atoms with van der Waals surface area (Å²) in [5.41, 5.74) is 3.47. The number of nitrogens with zero attached hydrogens (tertiary/aromatic N) is 3. The Morgan fingerprint density at radius 1 is 0.943 bits per heavy atom. The molecule has 0 amide bonds. The van der Waals surface area contributed by atoms with Crippen LogP contribution in [0.15, 0.2) is 66.9 Å². The minimum atomic E-state index is -0.476. The number of ether oxygens (including phenoxy) is 2. The lowest BCUT2D eigenvalue weighted by atomic mass is 9.94. The van der Waals surface area contributed by atoms with Gasteiger partial charge in [0, 0.05) is 30.8 Å². The van der Waals surface area contributed by atoms with E-state index in [1.165, 1.54) is 0 Å². The Bertz CT molecular complexity index is 1090. The Kier molecular flexibility index (Phi) is 8.13. The summed E-state index contributed by atoms with van der Waals surface area (Å²) in [6, 6.07) is 20.5. The van der Waals surface area contributed by atoms with E-state index in [1.807, 2.05) is 63.4 Å². The van der Waals surface area contributed by atoms with E-state index < -0.39 is 5.60 Å². The number of carbonyl (C=O) groups is 1. The van der Waals surface area contributed by atoms with Crippen LogP contribution in [0.5, 0.6) is 0 Å². The molecule has 4 rings (SSSR count). The Hall–Kier alpha value is -3.25. The molecule has 0 bridgehead atoms. The van der Waals surface area contributed by atoms with Gasteiger partial charge >= 0.3 is 5.97 Å². The standard InChI is InChI=1S/C29H35N3O3/c1-29(2,3)35-26(33)21-34-19-16-22-14-17-32(18-15-22)25-20-30-27(23-10-6-4-7-11-23)28(31-25)24-12-8-5-9-13-24/h4-13,20,22H,14-19,21H2,1-3H3. The van der Waals surface area contributed by atoms with Gasteiger partial charge < -0.3 is 14.4 Å². The van der Waals surface area contributed by atoms with Gasteiger partial charge in [-0.05, 0) is 46.0 Å². The van der Waals surface area contributed by atoms with Crippen LogP contribution >= 0.6 is 0 Å². The molecule has 2 heterocycles. The largest absolute Gasteiger partial charge is 0.458 e. The van der Waals surface area contributed by atoms with Crippen molar-refractivity contribution in [2.75, 3.05) is 31.2 Å². The first-order valence-corrected chi connectivity index (χ1v) is 12.4. The molecule has 0 radical (unpaired) electrons. The lowest BCUT2D eigenvalue weighted by Crippen LogP contribution is -2.35. The first kappa shape index (κ1) is 24.9. The fourth-order valence-corrected chi connectivity index (χ4v) is 4.36. The average Bonchev–Trinajstić information content (AvgIpc) is 2.87. The first-order valence-electron chi connectivity index (χ1n) is 12.4. The third kappa shape index (κ3) is 7.12. The number of aromatic nitrogens is 2. The summed E-state index contributed by atoms with van der Waals surface area (Å²) in [5, 5.41) is 0. The summed E-state index contributed by atoms with van der Waals surface area (Å²) in [5.74, 6) is 1.19. The number of esters is 1. The van der Waals surface area contributed by atoms with Gasteiger partial charge in [-0.25, -0.2) is 9.78 Å². The minimum absolute atomic E-state index is 0.0156. The molecule has 1 saturated heterocycles. The van der Waals surface area contributed by atoms with Crippen molar-refractivity contribution in [1.82, 2.24) is 9.97 Å². The first-order chi connectivity index (χ1) is 16.9. The second-order valence-electron chi connectivity index (χ2n) is 10.0. The Morgan fingerprint density at radius 3 is 2.14 bits per heavy atom. The van der Waals surface area contributed by atoms with Crippen LogP contribution in [0.1, 0.15) is 40.0 Å². The van der Waals surface area contributed by atoms with E-state index in [9.17, 15) is 4.79 Å². The van der Waals surface area contributed by atoms with Crippen LogP contribution in [-0.4, -0.2) is 47.8 Å². The maximum Gasteiger partial charge on any atom is 0.332 e. The van der Waals surface area contributed by atoms with Crippen LogP contribution in [0, 0.1) is 5.92 Å². The molecule has 0 unspecified atom stereocenters. The predicted octanol–water partition coefficient (Wildman–Crippen LogP) is 5.78. The summed E-state index contributed by atoms with van der Waals surface area (Å²) >= 11 is 0. The zero-order valence-electron chi connectivity index (χ0n) is 20.9. The number of hydrogen-bond donors (Lipinski definition) is 0. The van der Waals surface area contributed by atoms with Crippen molar-refractivity contribution < 1.29 is 14.3 Å². The molecule has 35 heavy (non-hydrogen) atoms. The lowest BCUT2D eigenvalue weighted by Gasteiger charge is -2.33. The molecule has 3 aromatic rings.